The number of nitrogens with zero attached hydrogens (tertiary/aromatic N) is 1. The number of hydrogen-bond acceptors (Lipinski definition) is 4. The largest absolute Gasteiger partial charge is 0.493 e. The monoisotopic (exact) mass is 413 g/mol. The van der Waals surface area contributed by atoms with Gasteiger partial charge in [0.05, 0.1) is 6.61 Å². The molecule has 31 heavy (non-hydrogen) atoms. The van der Waals surface area contributed by atoms with Crippen molar-refractivity contribution >= 4 is 40.0 Å². The Balaban J connectivity index is 1.92. The second kappa shape index (κ2) is 10.1. The van der Waals surface area contributed by atoms with Gasteiger partial charge in [-0.15, -0.1) is 0 Å². The first-order valence-corrected chi connectivity index (χ1v) is 9.97. The summed E-state index contributed by atoms with van der Waals surface area (Å²) in [5.41, 5.74) is 1.79. The van der Waals surface area contributed by atoms with E-state index in [1.165, 1.54) is 6.92 Å². The van der Waals surface area contributed by atoms with Gasteiger partial charge in [0.15, 0.2) is 0 Å². The quantitative estimate of drug-likeness (QED) is 0.415. The van der Waals surface area contributed by atoms with Crippen LogP contribution in [0.5, 0.6) is 5.75 Å². The van der Waals surface area contributed by atoms with E-state index >= 15 is 0 Å². The number of benzene rings is 3. The van der Waals surface area contributed by atoms with Crippen LogP contribution >= 0.6 is 0 Å². The zero-order valence-corrected chi connectivity index (χ0v) is 17.4. The van der Waals surface area contributed by atoms with Crippen molar-refractivity contribution < 1.29 is 14.3 Å². The van der Waals surface area contributed by atoms with Crippen LogP contribution in [-0.4, -0.2) is 18.4 Å². The Kier molecular flexibility index (Phi) is 7.02. The molecular weight excluding hydrogens is 390 g/mol. The highest BCUT2D eigenvalue weighted by Crippen LogP contribution is 2.30. The molecule has 0 aliphatic heterocycles. The first-order valence-electron chi connectivity index (χ1n) is 9.97. The molecule has 0 saturated heterocycles. The molecule has 0 fully saturated rings. The number of rotatable bonds is 7. The lowest BCUT2D eigenvalue weighted by atomic mass is 10.0. The van der Waals surface area contributed by atoms with Crippen LogP contribution in [0.3, 0.4) is 0 Å². The van der Waals surface area contributed by atoms with Gasteiger partial charge < -0.3 is 15.4 Å². The fourth-order valence-corrected chi connectivity index (χ4v) is 3.09. The highest BCUT2D eigenvalue weighted by Gasteiger charge is 2.14. The standard InChI is InChI=1S/C25H23N3O3/c1-3-14-31-24-13-8-18-6-4-5-7-22(18)23(24)15-19(16-26)25(30)28-21-11-9-20(10-12-21)27-17(2)29/h4-13,15H,3,14H2,1-2H3,(H,27,29)(H,28,30)/b19-15+. The zero-order valence-electron chi connectivity index (χ0n) is 17.4. The van der Waals surface area contributed by atoms with Gasteiger partial charge in [-0.05, 0) is 53.6 Å². The summed E-state index contributed by atoms with van der Waals surface area (Å²) in [7, 11) is 0. The topological polar surface area (TPSA) is 91.2 Å². The molecule has 0 bridgehead atoms. The molecule has 0 atom stereocenters. The van der Waals surface area contributed by atoms with Crippen LogP contribution in [-0.2, 0) is 9.59 Å². The number of carbonyl (C=O) groups excluding carboxylic acids is 2. The van der Waals surface area contributed by atoms with E-state index in [4.69, 9.17) is 4.74 Å². The van der Waals surface area contributed by atoms with Crippen molar-refractivity contribution in [2.24, 2.45) is 0 Å². The third-order valence-corrected chi connectivity index (χ3v) is 4.51. The summed E-state index contributed by atoms with van der Waals surface area (Å²) >= 11 is 0. The lowest BCUT2D eigenvalue weighted by Crippen LogP contribution is -2.13. The van der Waals surface area contributed by atoms with Gasteiger partial charge in [0.1, 0.15) is 17.4 Å². The molecule has 2 N–H and O–H groups in total. The van der Waals surface area contributed by atoms with Gasteiger partial charge in [0.25, 0.3) is 5.91 Å². The average Bonchev–Trinajstić information content (AvgIpc) is 2.77. The Bertz CT molecular complexity index is 1170. The minimum absolute atomic E-state index is 0.0383. The molecule has 0 aliphatic rings. The Labute approximate surface area is 181 Å². The molecule has 3 aromatic rings. The number of amides is 2. The maximum atomic E-state index is 12.8. The summed E-state index contributed by atoms with van der Waals surface area (Å²) in [4.78, 5) is 23.9. The number of anilines is 2. The highest BCUT2D eigenvalue weighted by atomic mass is 16.5. The van der Waals surface area contributed by atoms with Crippen molar-refractivity contribution in [3.05, 3.63) is 71.8 Å². The Morgan fingerprint density at radius 3 is 2.32 bits per heavy atom. The lowest BCUT2D eigenvalue weighted by molar-refractivity contribution is -0.114. The number of fused-ring (bicyclic) bond motifs is 1. The molecule has 0 unspecified atom stereocenters. The predicted octanol–water partition coefficient (Wildman–Crippen LogP) is 5.13. The maximum Gasteiger partial charge on any atom is 0.266 e. The predicted molar refractivity (Wildman–Crippen MR) is 123 cm³/mol. The fraction of sp³-hybridized carbons (Fsp3) is 0.160. The van der Waals surface area contributed by atoms with E-state index in [-0.39, 0.29) is 11.5 Å². The number of nitriles is 1. The van der Waals surface area contributed by atoms with Gasteiger partial charge >= 0.3 is 0 Å². The number of ether oxygens (including phenoxy) is 1. The first-order chi connectivity index (χ1) is 15.0. The second-order valence-electron chi connectivity index (χ2n) is 6.93. The van der Waals surface area contributed by atoms with Crippen molar-refractivity contribution in [2.45, 2.75) is 20.3 Å². The molecule has 6 nitrogen and oxygen atoms in total. The van der Waals surface area contributed by atoms with Crippen LogP contribution in [0.15, 0.2) is 66.2 Å². The smallest absolute Gasteiger partial charge is 0.266 e. The summed E-state index contributed by atoms with van der Waals surface area (Å²) in [5, 5.41) is 16.9. The molecule has 156 valence electrons. The van der Waals surface area contributed by atoms with Gasteiger partial charge in [-0.2, -0.15) is 5.26 Å². The third-order valence-electron chi connectivity index (χ3n) is 4.51. The van der Waals surface area contributed by atoms with Crippen LogP contribution in [0.2, 0.25) is 0 Å². The van der Waals surface area contributed by atoms with Crippen LogP contribution in [0.4, 0.5) is 11.4 Å². The Hall–Kier alpha value is -4.11. The second-order valence-corrected chi connectivity index (χ2v) is 6.93. The summed E-state index contributed by atoms with van der Waals surface area (Å²) in [6, 6.07) is 20.2. The van der Waals surface area contributed by atoms with Gasteiger partial charge in [-0.3, -0.25) is 9.59 Å². The lowest BCUT2D eigenvalue weighted by Gasteiger charge is -2.12. The van der Waals surface area contributed by atoms with E-state index in [2.05, 4.69) is 10.6 Å². The van der Waals surface area contributed by atoms with Crippen LogP contribution in [0.25, 0.3) is 16.8 Å². The van der Waals surface area contributed by atoms with Crippen molar-refractivity contribution in [2.75, 3.05) is 17.2 Å². The summed E-state index contributed by atoms with van der Waals surface area (Å²) < 4.78 is 5.86. The summed E-state index contributed by atoms with van der Waals surface area (Å²) in [6.07, 6.45) is 2.41. The molecule has 0 saturated carbocycles. The van der Waals surface area contributed by atoms with E-state index in [0.29, 0.717) is 29.3 Å². The number of hydrogen-bond donors (Lipinski definition) is 2. The zero-order chi connectivity index (χ0) is 22.2. The average molecular weight is 413 g/mol. The fourth-order valence-electron chi connectivity index (χ4n) is 3.09. The molecule has 0 radical (unpaired) electrons. The molecule has 0 heterocycles. The SMILES string of the molecule is CCCOc1ccc2ccccc2c1/C=C(\C#N)C(=O)Nc1ccc(NC(C)=O)cc1. The first kappa shape index (κ1) is 21.6. The molecule has 2 amide bonds. The minimum Gasteiger partial charge on any atom is -0.493 e. The van der Waals surface area contributed by atoms with E-state index in [0.717, 1.165) is 17.2 Å². The van der Waals surface area contributed by atoms with Crippen LogP contribution < -0.4 is 15.4 Å². The molecule has 6 heteroatoms. The molecule has 3 aromatic carbocycles. The Morgan fingerprint density at radius 2 is 1.68 bits per heavy atom. The highest BCUT2D eigenvalue weighted by molar-refractivity contribution is 6.11. The van der Waals surface area contributed by atoms with Crippen molar-refractivity contribution in [3.8, 4) is 11.8 Å². The van der Waals surface area contributed by atoms with Crippen molar-refractivity contribution in [1.82, 2.24) is 0 Å². The van der Waals surface area contributed by atoms with Gasteiger partial charge in [-0.1, -0.05) is 37.3 Å². The van der Waals surface area contributed by atoms with Crippen molar-refractivity contribution in [1.29, 1.82) is 5.26 Å². The molecule has 3 rings (SSSR count). The summed E-state index contributed by atoms with van der Waals surface area (Å²) in [6.45, 7) is 3.97. The number of carbonyl (C=O) groups is 2. The van der Waals surface area contributed by atoms with Crippen LogP contribution in [0, 0.1) is 11.3 Å². The number of nitrogens with one attached hydrogen (secondary N) is 2. The van der Waals surface area contributed by atoms with Crippen molar-refractivity contribution in [3.63, 3.8) is 0 Å². The Morgan fingerprint density at radius 1 is 1.00 bits per heavy atom. The van der Waals surface area contributed by atoms with Gasteiger partial charge in [-0.25, -0.2) is 0 Å². The molecular formula is C25H23N3O3. The van der Waals surface area contributed by atoms with E-state index in [1.54, 1.807) is 30.3 Å². The molecule has 0 aromatic heterocycles. The summed E-state index contributed by atoms with van der Waals surface area (Å²) in [5.74, 6) is -0.0763. The van der Waals surface area contributed by atoms with Gasteiger partial charge in [0.2, 0.25) is 5.91 Å². The molecule has 0 aliphatic carbocycles. The van der Waals surface area contributed by atoms with Crippen LogP contribution in [0.1, 0.15) is 25.8 Å². The minimum atomic E-state index is -0.524. The molecule has 0 spiro atoms. The van der Waals surface area contributed by atoms with Gasteiger partial charge in [0, 0.05) is 23.9 Å². The normalized spacial score (nSPS) is 10.9. The van der Waals surface area contributed by atoms with E-state index in [1.807, 2.05) is 49.4 Å². The third kappa shape index (κ3) is 5.49. The maximum absolute atomic E-state index is 12.8. The van der Waals surface area contributed by atoms with E-state index in [9.17, 15) is 14.9 Å². The van der Waals surface area contributed by atoms with E-state index < -0.39 is 5.91 Å².